The maximum Gasteiger partial charge on any atom is 0.237 e. The summed E-state index contributed by atoms with van der Waals surface area (Å²) >= 11 is 1.47. The van der Waals surface area contributed by atoms with Crippen LogP contribution in [0.2, 0.25) is 0 Å². The number of rotatable bonds is 7. The predicted molar refractivity (Wildman–Crippen MR) is 127 cm³/mol. The van der Waals surface area contributed by atoms with E-state index in [2.05, 4.69) is 64.8 Å². The highest BCUT2D eigenvalue weighted by Crippen LogP contribution is 2.32. The minimum Gasteiger partial charge on any atom is -1.00 e. The maximum absolute atomic E-state index is 12.5. The molecule has 0 saturated carbocycles. The number of nitrogens with one attached hydrogen (secondary N) is 1. The van der Waals surface area contributed by atoms with Crippen LogP contribution in [-0.4, -0.2) is 16.0 Å². The second-order valence-electron chi connectivity index (χ2n) is 7.63. The van der Waals surface area contributed by atoms with Crippen LogP contribution in [0.3, 0.4) is 0 Å². The van der Waals surface area contributed by atoms with E-state index in [9.17, 15) is 4.79 Å². The highest BCUT2D eigenvalue weighted by Gasteiger charge is 2.21. The lowest BCUT2D eigenvalue weighted by Gasteiger charge is -2.15. The SMILES string of the molecule is O=C(C[n+]1cccc(-c2cc(C(c3ccccc3)c3ccccc3)n[nH]2)c1)c1cccs1.[Cl-]. The van der Waals surface area contributed by atoms with Crippen LogP contribution in [0.25, 0.3) is 11.3 Å². The van der Waals surface area contributed by atoms with Gasteiger partial charge in [0.25, 0.3) is 0 Å². The normalized spacial score (nSPS) is 10.7. The number of ketones is 1. The number of pyridine rings is 1. The number of H-pyrrole nitrogens is 1. The minimum atomic E-state index is 0. The van der Waals surface area contributed by atoms with Crippen LogP contribution in [0, 0.1) is 0 Å². The Hall–Kier alpha value is -3.54. The molecule has 0 unspecified atom stereocenters. The van der Waals surface area contributed by atoms with Crippen molar-refractivity contribution in [3.8, 4) is 11.3 Å². The number of aromatic nitrogens is 3. The number of halogens is 1. The van der Waals surface area contributed by atoms with Gasteiger partial charge in [0, 0.05) is 6.07 Å². The quantitative estimate of drug-likeness (QED) is 0.293. The third-order valence-corrected chi connectivity index (χ3v) is 6.36. The van der Waals surface area contributed by atoms with Crippen LogP contribution in [0.15, 0.2) is 109 Å². The molecule has 0 bridgehead atoms. The fraction of sp³-hybridized carbons (Fsp3) is 0.0741. The molecule has 164 valence electrons. The molecule has 0 fully saturated rings. The molecule has 0 aliphatic heterocycles. The van der Waals surface area contributed by atoms with Crippen molar-refractivity contribution in [1.29, 1.82) is 0 Å². The summed E-state index contributed by atoms with van der Waals surface area (Å²) in [4.78, 5) is 13.3. The molecule has 2 aromatic carbocycles. The van der Waals surface area contributed by atoms with Gasteiger partial charge in [0.1, 0.15) is 0 Å². The first-order valence-electron chi connectivity index (χ1n) is 10.5. The average Bonchev–Trinajstić information content (AvgIpc) is 3.54. The Morgan fingerprint density at radius 2 is 1.61 bits per heavy atom. The lowest BCUT2D eigenvalue weighted by Crippen LogP contribution is -3.00. The van der Waals surface area contributed by atoms with Crippen molar-refractivity contribution < 1.29 is 21.8 Å². The van der Waals surface area contributed by atoms with Crippen LogP contribution in [0.5, 0.6) is 0 Å². The number of nitrogens with zero attached hydrogens (tertiary/aromatic N) is 2. The zero-order chi connectivity index (χ0) is 21.8. The van der Waals surface area contributed by atoms with Crippen LogP contribution >= 0.6 is 11.3 Å². The monoisotopic (exact) mass is 471 g/mol. The second-order valence-corrected chi connectivity index (χ2v) is 8.57. The van der Waals surface area contributed by atoms with Crippen molar-refractivity contribution in [2.75, 3.05) is 0 Å². The first-order chi connectivity index (χ1) is 15.8. The molecule has 33 heavy (non-hydrogen) atoms. The molecule has 0 radical (unpaired) electrons. The molecule has 1 N–H and O–H groups in total. The molecule has 6 heteroatoms. The first kappa shape index (κ1) is 22.6. The summed E-state index contributed by atoms with van der Waals surface area (Å²) < 4.78 is 1.92. The highest BCUT2D eigenvalue weighted by molar-refractivity contribution is 7.12. The molecule has 4 nitrogen and oxygen atoms in total. The van der Waals surface area contributed by atoms with E-state index < -0.39 is 0 Å². The van der Waals surface area contributed by atoms with Crippen molar-refractivity contribution in [2.45, 2.75) is 12.5 Å². The van der Waals surface area contributed by atoms with Crippen LogP contribution in [0.4, 0.5) is 0 Å². The van der Waals surface area contributed by atoms with Gasteiger partial charge in [-0.25, -0.2) is 0 Å². The largest absolute Gasteiger partial charge is 1.00 e. The van der Waals surface area contributed by atoms with E-state index in [0.29, 0.717) is 6.54 Å². The molecule has 5 aromatic rings. The second kappa shape index (κ2) is 10.4. The van der Waals surface area contributed by atoms with E-state index in [1.807, 2.05) is 58.7 Å². The van der Waals surface area contributed by atoms with Gasteiger partial charge >= 0.3 is 0 Å². The number of hydrogen-bond donors (Lipinski definition) is 1. The Labute approximate surface area is 203 Å². The maximum atomic E-state index is 12.5. The van der Waals surface area contributed by atoms with Gasteiger partial charge in [-0.3, -0.25) is 9.89 Å². The van der Waals surface area contributed by atoms with E-state index in [0.717, 1.165) is 21.8 Å². The van der Waals surface area contributed by atoms with Gasteiger partial charge in [-0.05, 0) is 34.7 Å². The Morgan fingerprint density at radius 3 is 2.24 bits per heavy atom. The number of thiophene rings is 1. The summed E-state index contributed by atoms with van der Waals surface area (Å²) in [6.07, 6.45) is 3.91. The standard InChI is InChI=1S/C27H22N3OS.ClH/c31-25(26-14-8-16-32-26)19-30-15-7-13-22(18-30)23-17-24(29-28-23)27(20-9-3-1-4-10-20)21-11-5-2-6-12-21;/h1-18,27H,19H2,(H,28,29);1H/q+1;/p-1. The fourth-order valence-electron chi connectivity index (χ4n) is 3.92. The van der Waals surface area contributed by atoms with E-state index >= 15 is 0 Å². The number of benzene rings is 2. The molecule has 0 aliphatic carbocycles. The number of aromatic amines is 1. The van der Waals surface area contributed by atoms with E-state index in [4.69, 9.17) is 0 Å². The molecule has 0 saturated heterocycles. The average molecular weight is 472 g/mol. The highest BCUT2D eigenvalue weighted by atomic mass is 35.5. The van der Waals surface area contributed by atoms with E-state index in [1.54, 1.807) is 0 Å². The van der Waals surface area contributed by atoms with Gasteiger partial charge in [0.2, 0.25) is 12.3 Å². The zero-order valence-corrected chi connectivity index (χ0v) is 19.3. The molecular weight excluding hydrogens is 450 g/mol. The summed E-state index contributed by atoms with van der Waals surface area (Å²) in [7, 11) is 0. The van der Waals surface area contributed by atoms with Gasteiger partial charge in [-0.15, -0.1) is 11.3 Å². The Balaban J connectivity index is 0.00000259. The molecule has 0 atom stereocenters. The molecule has 0 spiro atoms. The molecular formula is C27H22ClN3OS. The Morgan fingerprint density at radius 1 is 0.909 bits per heavy atom. The van der Waals surface area contributed by atoms with Gasteiger partial charge in [-0.1, -0.05) is 66.7 Å². The van der Waals surface area contributed by atoms with Crippen molar-refractivity contribution in [3.63, 3.8) is 0 Å². The van der Waals surface area contributed by atoms with Crippen molar-refractivity contribution in [2.24, 2.45) is 0 Å². The topological polar surface area (TPSA) is 49.6 Å². The number of carbonyl (C=O) groups excluding carboxylic acids is 1. The van der Waals surface area contributed by atoms with Crippen molar-refractivity contribution >= 4 is 17.1 Å². The minimum absolute atomic E-state index is 0. The summed E-state index contributed by atoms with van der Waals surface area (Å²) in [5.41, 5.74) is 5.27. The van der Waals surface area contributed by atoms with E-state index in [1.165, 1.54) is 22.5 Å². The van der Waals surface area contributed by atoms with Crippen molar-refractivity contribution in [3.05, 3.63) is 130 Å². The molecule has 3 heterocycles. The van der Waals surface area contributed by atoms with Gasteiger partial charge in [-0.2, -0.15) is 9.67 Å². The Kier molecular flexibility index (Phi) is 7.13. The lowest BCUT2D eigenvalue weighted by molar-refractivity contribution is -0.682. The predicted octanol–water partition coefficient (Wildman–Crippen LogP) is 2.49. The first-order valence-corrected chi connectivity index (χ1v) is 11.4. The van der Waals surface area contributed by atoms with Crippen molar-refractivity contribution in [1.82, 2.24) is 10.2 Å². The lowest BCUT2D eigenvalue weighted by atomic mass is 9.88. The zero-order valence-electron chi connectivity index (χ0n) is 17.8. The van der Waals surface area contributed by atoms with Crippen LogP contribution < -0.4 is 17.0 Å². The fourth-order valence-corrected chi connectivity index (χ4v) is 4.58. The van der Waals surface area contributed by atoms with Gasteiger partial charge in [0.05, 0.1) is 27.7 Å². The molecule has 0 amide bonds. The number of hydrogen-bond acceptors (Lipinski definition) is 3. The van der Waals surface area contributed by atoms with Crippen LogP contribution in [-0.2, 0) is 6.54 Å². The van der Waals surface area contributed by atoms with Crippen LogP contribution in [0.1, 0.15) is 32.4 Å². The summed E-state index contributed by atoms with van der Waals surface area (Å²) in [5, 5.41) is 9.81. The summed E-state index contributed by atoms with van der Waals surface area (Å²) in [6, 6.07) is 30.7. The van der Waals surface area contributed by atoms with Gasteiger partial charge in [0.15, 0.2) is 12.4 Å². The number of Topliss-reactive ketones (excluding diaryl/α,β-unsaturated/α-hetero) is 1. The molecule has 0 aliphatic rings. The third kappa shape index (κ3) is 5.11. The Bertz CT molecular complexity index is 1280. The smallest absolute Gasteiger partial charge is 0.237 e. The molecule has 5 rings (SSSR count). The summed E-state index contributed by atoms with van der Waals surface area (Å²) in [6.45, 7) is 0.312. The third-order valence-electron chi connectivity index (χ3n) is 5.45. The van der Waals surface area contributed by atoms with Gasteiger partial charge < -0.3 is 12.4 Å². The molecule has 3 aromatic heterocycles. The van der Waals surface area contributed by atoms with E-state index in [-0.39, 0.29) is 24.1 Å². The number of carbonyl (C=O) groups is 1. The summed E-state index contributed by atoms with van der Waals surface area (Å²) in [5.74, 6) is 0.152.